The van der Waals surface area contributed by atoms with Crippen LogP contribution in [0.1, 0.15) is 23.7 Å². The lowest BCUT2D eigenvalue weighted by Crippen LogP contribution is -2.14. The molecule has 0 N–H and O–H groups in total. The van der Waals surface area contributed by atoms with E-state index in [0.717, 1.165) is 23.5 Å². The maximum absolute atomic E-state index is 6.07. The first-order chi connectivity index (χ1) is 8.86. The Morgan fingerprint density at radius 1 is 1.11 bits per heavy atom. The molecule has 1 aliphatic rings. The van der Waals surface area contributed by atoms with E-state index in [2.05, 4.69) is 30.3 Å². The molecule has 92 valence electrons. The Morgan fingerprint density at radius 2 is 1.94 bits per heavy atom. The Kier molecular flexibility index (Phi) is 3.48. The van der Waals surface area contributed by atoms with E-state index < -0.39 is 0 Å². The van der Waals surface area contributed by atoms with Crippen LogP contribution in [0.5, 0.6) is 5.75 Å². The van der Waals surface area contributed by atoms with Crippen molar-refractivity contribution >= 4 is 21.7 Å². The van der Waals surface area contributed by atoms with E-state index in [-0.39, 0.29) is 6.10 Å². The Bertz CT molecular complexity index is 541. The number of hydrogen-bond acceptors (Lipinski definition) is 2. The largest absolute Gasteiger partial charge is 0.485 e. The molecule has 2 aromatic carbocycles. The van der Waals surface area contributed by atoms with Crippen molar-refractivity contribution < 1.29 is 4.74 Å². The third-order valence-electron chi connectivity index (χ3n) is 3.24. The lowest BCUT2D eigenvalue weighted by atomic mass is 9.97. The molecule has 3 heteroatoms. The predicted molar refractivity (Wildman–Crippen MR) is 76.3 cm³/mol. The van der Waals surface area contributed by atoms with Crippen LogP contribution in [-0.4, -0.2) is 0 Å². The van der Waals surface area contributed by atoms with Gasteiger partial charge in [0.2, 0.25) is 0 Å². The molecule has 0 amide bonds. The average molecular weight is 277 g/mol. The third kappa shape index (κ3) is 2.36. The molecule has 1 aliphatic heterocycles. The molecule has 18 heavy (non-hydrogen) atoms. The van der Waals surface area contributed by atoms with Gasteiger partial charge in [-0.15, -0.1) is 0 Å². The van der Waals surface area contributed by atoms with Crippen molar-refractivity contribution in [3.8, 4) is 5.75 Å². The number of rotatable bonds is 2. The first-order valence-electron chi connectivity index (χ1n) is 6.00. The van der Waals surface area contributed by atoms with Crippen molar-refractivity contribution in [1.29, 1.82) is 0 Å². The van der Waals surface area contributed by atoms with Gasteiger partial charge in [-0.1, -0.05) is 30.3 Å². The van der Waals surface area contributed by atoms with E-state index in [1.807, 2.05) is 18.2 Å². The Labute approximate surface area is 116 Å². The highest BCUT2D eigenvalue weighted by molar-refractivity contribution is 8.21. The number of fused-ring (bicyclic) bond motifs is 1. The van der Waals surface area contributed by atoms with E-state index in [9.17, 15) is 0 Å². The lowest BCUT2D eigenvalue weighted by Gasteiger charge is -2.26. The molecule has 3 rings (SSSR count). The molecule has 1 nitrogen and oxygen atoms in total. The molecule has 2 aromatic rings. The van der Waals surface area contributed by atoms with Crippen molar-refractivity contribution in [2.24, 2.45) is 0 Å². The van der Waals surface area contributed by atoms with Crippen molar-refractivity contribution in [1.82, 2.24) is 0 Å². The second kappa shape index (κ2) is 5.25. The number of benzene rings is 2. The first-order valence-corrected chi connectivity index (χ1v) is 7.64. The Morgan fingerprint density at radius 3 is 2.72 bits per heavy atom. The fourth-order valence-corrected chi connectivity index (χ4v) is 2.91. The molecule has 1 unspecified atom stereocenters. The molecule has 0 spiro atoms. The smallest absolute Gasteiger partial charge is 0.124 e. The van der Waals surface area contributed by atoms with E-state index >= 15 is 0 Å². The highest BCUT2D eigenvalue weighted by Crippen LogP contribution is 2.37. The van der Waals surface area contributed by atoms with Gasteiger partial charge in [0.1, 0.15) is 11.9 Å². The molecular weight excluding hydrogens is 264 g/mol. The molecule has 0 radical (unpaired) electrons. The second-order valence-corrected chi connectivity index (χ2v) is 5.49. The number of ether oxygens (including phenoxy) is 1. The zero-order valence-corrected chi connectivity index (χ0v) is 11.4. The minimum absolute atomic E-state index is 0.174. The summed E-state index contributed by atoms with van der Waals surface area (Å²) in [6.07, 6.45) is 2.24. The molecule has 0 saturated carbocycles. The van der Waals surface area contributed by atoms with Crippen LogP contribution < -0.4 is 4.74 Å². The summed E-state index contributed by atoms with van der Waals surface area (Å²) in [5.74, 6) is 0.990. The zero-order chi connectivity index (χ0) is 12.4. The van der Waals surface area contributed by atoms with Crippen LogP contribution in [0.3, 0.4) is 0 Å². The SMILES string of the molecule is ClSc1ccc2c(c1)CCC(c1ccccc1)O2. The van der Waals surface area contributed by atoms with Crippen LogP contribution in [0.25, 0.3) is 0 Å². The molecule has 1 atom stereocenters. The summed E-state index contributed by atoms with van der Waals surface area (Å²) in [6, 6.07) is 16.5. The van der Waals surface area contributed by atoms with Crippen molar-refractivity contribution in [3.05, 3.63) is 59.7 Å². The Hall–Kier alpha value is -1.12. The Balaban J connectivity index is 1.85. The quantitative estimate of drug-likeness (QED) is 0.763. The van der Waals surface area contributed by atoms with Crippen molar-refractivity contribution in [2.75, 3.05) is 0 Å². The van der Waals surface area contributed by atoms with Gasteiger partial charge in [-0.3, -0.25) is 0 Å². The van der Waals surface area contributed by atoms with Gasteiger partial charge in [-0.25, -0.2) is 0 Å². The lowest BCUT2D eigenvalue weighted by molar-refractivity contribution is 0.176. The summed E-state index contributed by atoms with van der Waals surface area (Å²) in [5.41, 5.74) is 2.51. The highest BCUT2D eigenvalue weighted by Gasteiger charge is 2.21. The summed E-state index contributed by atoms with van der Waals surface area (Å²) >= 11 is 0. The summed E-state index contributed by atoms with van der Waals surface area (Å²) in [5, 5.41) is 0. The van der Waals surface area contributed by atoms with Crippen LogP contribution in [0, 0.1) is 0 Å². The third-order valence-corrected chi connectivity index (χ3v) is 4.20. The highest BCUT2D eigenvalue weighted by atomic mass is 35.7. The van der Waals surface area contributed by atoms with Crippen LogP contribution >= 0.6 is 21.7 Å². The van der Waals surface area contributed by atoms with Gasteiger partial charge in [-0.05, 0) is 63.8 Å². The molecule has 0 fully saturated rings. The van der Waals surface area contributed by atoms with Crippen LogP contribution in [0.2, 0.25) is 0 Å². The van der Waals surface area contributed by atoms with E-state index in [1.165, 1.54) is 22.1 Å². The summed E-state index contributed by atoms with van der Waals surface area (Å²) in [7, 11) is 7.03. The predicted octanol–water partition coefficient (Wildman–Crippen LogP) is 5.00. The molecule has 0 aromatic heterocycles. The summed E-state index contributed by atoms with van der Waals surface area (Å²) < 4.78 is 6.07. The van der Waals surface area contributed by atoms with Gasteiger partial charge in [0.05, 0.1) is 0 Å². The zero-order valence-electron chi connectivity index (χ0n) is 9.80. The monoisotopic (exact) mass is 276 g/mol. The minimum atomic E-state index is 0.174. The number of aryl methyl sites for hydroxylation is 1. The van der Waals surface area contributed by atoms with E-state index in [1.54, 1.807) is 0 Å². The van der Waals surface area contributed by atoms with Gasteiger partial charge < -0.3 is 4.74 Å². The topological polar surface area (TPSA) is 9.23 Å². The number of hydrogen-bond donors (Lipinski definition) is 0. The summed E-state index contributed by atoms with van der Waals surface area (Å²) in [4.78, 5) is 1.08. The first kappa shape index (κ1) is 11.9. The molecule has 0 aliphatic carbocycles. The second-order valence-electron chi connectivity index (χ2n) is 4.40. The van der Waals surface area contributed by atoms with Gasteiger partial charge in [0.15, 0.2) is 0 Å². The molecule has 1 heterocycles. The number of halogens is 1. The van der Waals surface area contributed by atoms with E-state index in [4.69, 9.17) is 15.4 Å². The molecule has 0 saturated heterocycles. The van der Waals surface area contributed by atoms with Gasteiger partial charge in [-0.2, -0.15) is 0 Å². The van der Waals surface area contributed by atoms with Crippen LogP contribution in [0.15, 0.2) is 53.4 Å². The fourth-order valence-electron chi connectivity index (χ4n) is 2.32. The van der Waals surface area contributed by atoms with E-state index in [0.29, 0.717) is 0 Å². The maximum Gasteiger partial charge on any atom is 0.124 e. The standard InChI is InChI=1S/C15H13ClOS/c16-18-13-7-9-15-12(10-13)6-8-14(17-15)11-4-2-1-3-5-11/h1-5,7,9-10,14H,6,8H2. The summed E-state index contributed by atoms with van der Waals surface area (Å²) in [6.45, 7) is 0. The fraction of sp³-hybridized carbons (Fsp3) is 0.200. The average Bonchev–Trinajstić information content (AvgIpc) is 2.47. The van der Waals surface area contributed by atoms with Crippen molar-refractivity contribution in [3.63, 3.8) is 0 Å². The van der Waals surface area contributed by atoms with Crippen molar-refractivity contribution in [2.45, 2.75) is 23.8 Å². The molecular formula is C15H13ClOS. The van der Waals surface area contributed by atoms with Crippen LogP contribution in [0.4, 0.5) is 0 Å². The molecule has 0 bridgehead atoms. The van der Waals surface area contributed by atoms with Gasteiger partial charge >= 0.3 is 0 Å². The normalized spacial score (nSPS) is 17.9. The van der Waals surface area contributed by atoms with Gasteiger partial charge in [0.25, 0.3) is 0 Å². The minimum Gasteiger partial charge on any atom is -0.485 e. The van der Waals surface area contributed by atoms with Crippen LogP contribution in [-0.2, 0) is 6.42 Å². The maximum atomic E-state index is 6.07. The van der Waals surface area contributed by atoms with Gasteiger partial charge in [0, 0.05) is 4.90 Å².